The van der Waals surface area contributed by atoms with Crippen LogP contribution in [-0.4, -0.2) is 46.4 Å². The van der Waals surface area contributed by atoms with Crippen molar-refractivity contribution >= 4 is 17.4 Å². The number of piperidine rings is 1. The molecule has 1 atom stereocenters. The predicted molar refractivity (Wildman–Crippen MR) is 94.9 cm³/mol. The van der Waals surface area contributed by atoms with Crippen molar-refractivity contribution in [2.75, 3.05) is 19.6 Å². The number of benzene rings is 1. The van der Waals surface area contributed by atoms with E-state index < -0.39 is 11.8 Å². The van der Waals surface area contributed by atoms with Crippen LogP contribution < -0.4 is 10.1 Å². The van der Waals surface area contributed by atoms with E-state index in [4.69, 9.17) is 4.74 Å². The minimum atomic E-state index is -0.836. The molecule has 0 bridgehead atoms. The van der Waals surface area contributed by atoms with Gasteiger partial charge in [0.25, 0.3) is 5.19 Å². The summed E-state index contributed by atoms with van der Waals surface area (Å²) in [6, 6.07) is 10.3. The lowest BCUT2D eigenvalue weighted by Gasteiger charge is -2.61. The molecule has 2 aliphatic heterocycles. The van der Waals surface area contributed by atoms with Crippen molar-refractivity contribution in [3.8, 4) is 5.19 Å². The SMILES string of the molecule is O=C(O)N1CCC2(CC1)CNC2(Cc1ccccc1)Oc1nccs1. The normalized spacial score (nSPS) is 24.7. The van der Waals surface area contributed by atoms with Crippen molar-refractivity contribution in [1.82, 2.24) is 15.2 Å². The van der Waals surface area contributed by atoms with Gasteiger partial charge in [-0.15, -0.1) is 0 Å². The first kappa shape index (κ1) is 16.4. The van der Waals surface area contributed by atoms with Gasteiger partial charge in [0, 0.05) is 43.0 Å². The molecule has 0 aliphatic carbocycles. The van der Waals surface area contributed by atoms with Gasteiger partial charge in [0.2, 0.25) is 0 Å². The van der Waals surface area contributed by atoms with Crippen LogP contribution >= 0.6 is 11.3 Å². The molecule has 132 valence electrons. The van der Waals surface area contributed by atoms with Crippen LogP contribution in [0.1, 0.15) is 18.4 Å². The fourth-order valence-electron chi connectivity index (χ4n) is 3.97. The fourth-order valence-corrected chi connectivity index (χ4v) is 4.52. The van der Waals surface area contributed by atoms with Crippen LogP contribution in [0, 0.1) is 5.41 Å². The number of likely N-dealkylation sites (tertiary alicyclic amines) is 1. The van der Waals surface area contributed by atoms with E-state index in [0.29, 0.717) is 18.3 Å². The van der Waals surface area contributed by atoms with E-state index in [1.165, 1.54) is 21.8 Å². The van der Waals surface area contributed by atoms with Crippen molar-refractivity contribution < 1.29 is 14.6 Å². The van der Waals surface area contributed by atoms with Gasteiger partial charge in [-0.25, -0.2) is 9.78 Å². The Balaban J connectivity index is 1.61. The lowest BCUT2D eigenvalue weighted by atomic mass is 9.62. The Labute approximate surface area is 150 Å². The number of rotatable bonds is 4. The number of hydrogen-bond acceptors (Lipinski definition) is 5. The molecule has 2 aliphatic rings. The second-order valence-electron chi connectivity index (χ2n) is 6.79. The second kappa shape index (κ2) is 6.31. The summed E-state index contributed by atoms with van der Waals surface area (Å²) in [5.41, 5.74) is 0.600. The number of amides is 1. The van der Waals surface area contributed by atoms with Crippen molar-refractivity contribution in [2.24, 2.45) is 5.41 Å². The molecule has 25 heavy (non-hydrogen) atoms. The molecule has 1 amide bonds. The first-order valence-electron chi connectivity index (χ1n) is 8.48. The van der Waals surface area contributed by atoms with Gasteiger partial charge in [-0.3, -0.25) is 5.32 Å². The zero-order valence-electron chi connectivity index (χ0n) is 13.9. The minimum Gasteiger partial charge on any atom is -0.465 e. The van der Waals surface area contributed by atoms with E-state index in [1.54, 1.807) is 6.20 Å². The van der Waals surface area contributed by atoms with Gasteiger partial charge in [0.1, 0.15) is 0 Å². The highest BCUT2D eigenvalue weighted by molar-refractivity contribution is 7.11. The van der Waals surface area contributed by atoms with E-state index in [-0.39, 0.29) is 5.41 Å². The Morgan fingerprint density at radius 2 is 2.08 bits per heavy atom. The molecular formula is C18H21N3O3S. The summed E-state index contributed by atoms with van der Waals surface area (Å²) in [4.78, 5) is 17.0. The lowest BCUT2D eigenvalue weighted by molar-refractivity contribution is -0.180. The quantitative estimate of drug-likeness (QED) is 0.878. The topological polar surface area (TPSA) is 74.7 Å². The predicted octanol–water partition coefficient (Wildman–Crippen LogP) is 2.82. The Kier molecular flexibility index (Phi) is 4.13. The number of carbonyl (C=O) groups is 1. The van der Waals surface area contributed by atoms with Crippen molar-refractivity contribution in [3.05, 3.63) is 47.5 Å². The molecule has 1 spiro atoms. The maximum Gasteiger partial charge on any atom is 0.407 e. The van der Waals surface area contributed by atoms with Crippen LogP contribution in [0.2, 0.25) is 0 Å². The highest BCUT2D eigenvalue weighted by atomic mass is 32.1. The molecule has 2 aromatic rings. The molecule has 2 saturated heterocycles. The maximum atomic E-state index is 11.3. The van der Waals surface area contributed by atoms with Crippen molar-refractivity contribution in [3.63, 3.8) is 0 Å². The zero-order valence-corrected chi connectivity index (χ0v) is 14.7. The number of aromatic nitrogens is 1. The molecule has 1 aromatic carbocycles. The number of nitrogens with zero attached hydrogens (tertiary/aromatic N) is 2. The van der Waals surface area contributed by atoms with Gasteiger partial charge in [-0.05, 0) is 18.4 Å². The average Bonchev–Trinajstić information content (AvgIpc) is 3.14. The van der Waals surface area contributed by atoms with Crippen molar-refractivity contribution in [2.45, 2.75) is 25.0 Å². The van der Waals surface area contributed by atoms with E-state index in [1.807, 2.05) is 23.6 Å². The van der Waals surface area contributed by atoms with Gasteiger partial charge in [-0.1, -0.05) is 41.7 Å². The number of ether oxygens (including phenoxy) is 1. The number of hydrogen-bond donors (Lipinski definition) is 2. The summed E-state index contributed by atoms with van der Waals surface area (Å²) >= 11 is 1.48. The van der Waals surface area contributed by atoms with Crippen LogP contribution in [-0.2, 0) is 6.42 Å². The summed E-state index contributed by atoms with van der Waals surface area (Å²) in [7, 11) is 0. The Bertz CT molecular complexity index is 729. The first-order valence-corrected chi connectivity index (χ1v) is 9.36. The highest BCUT2D eigenvalue weighted by Crippen LogP contribution is 2.50. The van der Waals surface area contributed by atoms with Crippen molar-refractivity contribution in [1.29, 1.82) is 0 Å². The third-order valence-electron chi connectivity index (χ3n) is 5.53. The maximum absolute atomic E-state index is 11.3. The number of thiazole rings is 1. The van der Waals surface area contributed by atoms with Crippen LogP contribution in [0.4, 0.5) is 4.79 Å². The fraction of sp³-hybridized carbons (Fsp3) is 0.444. The van der Waals surface area contributed by atoms with Crippen LogP contribution in [0.25, 0.3) is 0 Å². The smallest absolute Gasteiger partial charge is 0.407 e. The Hall–Kier alpha value is -2.12. The van der Waals surface area contributed by atoms with E-state index >= 15 is 0 Å². The lowest BCUT2D eigenvalue weighted by Crippen LogP contribution is -2.78. The van der Waals surface area contributed by atoms with E-state index in [2.05, 4.69) is 22.4 Å². The van der Waals surface area contributed by atoms with Gasteiger partial charge in [-0.2, -0.15) is 0 Å². The summed E-state index contributed by atoms with van der Waals surface area (Å²) < 4.78 is 6.40. The molecule has 0 radical (unpaired) electrons. The van der Waals surface area contributed by atoms with Crippen LogP contribution in [0.5, 0.6) is 5.19 Å². The first-order chi connectivity index (χ1) is 12.1. The third kappa shape index (κ3) is 2.87. The summed E-state index contributed by atoms with van der Waals surface area (Å²) in [6.45, 7) is 1.95. The van der Waals surface area contributed by atoms with E-state index in [9.17, 15) is 9.90 Å². The molecule has 1 aromatic heterocycles. The molecular weight excluding hydrogens is 338 g/mol. The van der Waals surface area contributed by atoms with E-state index in [0.717, 1.165) is 25.8 Å². The van der Waals surface area contributed by atoms with Crippen LogP contribution in [0.3, 0.4) is 0 Å². The van der Waals surface area contributed by atoms with Crippen LogP contribution in [0.15, 0.2) is 41.9 Å². The summed E-state index contributed by atoms with van der Waals surface area (Å²) in [5.74, 6) is 0. The standard InChI is InChI=1S/C18H21N3O3S/c22-16(23)21-9-6-17(7-10-21)13-20-18(17,24-15-19-8-11-25-15)12-14-4-2-1-3-5-14/h1-5,8,11,20H,6-7,9-10,12-13H2,(H,22,23). The third-order valence-corrected chi connectivity index (χ3v) is 6.18. The molecule has 6 nitrogen and oxygen atoms in total. The van der Waals surface area contributed by atoms with Gasteiger partial charge < -0.3 is 14.7 Å². The average molecular weight is 359 g/mol. The molecule has 3 heterocycles. The molecule has 1 unspecified atom stereocenters. The second-order valence-corrected chi connectivity index (χ2v) is 7.65. The van der Waals surface area contributed by atoms with Gasteiger partial charge >= 0.3 is 6.09 Å². The molecule has 2 fully saturated rings. The number of carboxylic acid groups (broad SMARTS) is 1. The largest absolute Gasteiger partial charge is 0.465 e. The monoisotopic (exact) mass is 359 g/mol. The zero-order chi connectivity index (χ0) is 17.3. The minimum absolute atomic E-state index is 0.0690. The molecule has 4 rings (SSSR count). The molecule has 2 N–H and O–H groups in total. The van der Waals surface area contributed by atoms with Gasteiger partial charge in [0.05, 0.1) is 0 Å². The molecule has 0 saturated carbocycles. The number of nitrogens with one attached hydrogen (secondary N) is 1. The Morgan fingerprint density at radius 1 is 1.32 bits per heavy atom. The summed E-state index contributed by atoms with van der Waals surface area (Å²) in [6.07, 6.45) is 3.24. The molecule has 7 heteroatoms. The highest BCUT2D eigenvalue weighted by Gasteiger charge is 2.62. The van der Waals surface area contributed by atoms with Gasteiger partial charge in [0.15, 0.2) is 5.72 Å². The summed E-state index contributed by atoms with van der Waals surface area (Å²) in [5, 5.41) is 15.3. The Morgan fingerprint density at radius 3 is 2.64 bits per heavy atom.